The average molecular weight is 286 g/mol. The number of methoxy groups -OCH3 is 1. The lowest BCUT2D eigenvalue weighted by Crippen LogP contribution is -2.21. The molecular weight excluding hydrogens is 268 g/mol. The Morgan fingerprint density at radius 3 is 3.10 bits per heavy atom. The molecule has 1 aliphatic heterocycles. The van der Waals surface area contributed by atoms with Gasteiger partial charge in [0.1, 0.15) is 6.07 Å². The first kappa shape index (κ1) is 15.1. The quantitative estimate of drug-likeness (QED) is 0.839. The molecule has 1 aromatic rings. The van der Waals surface area contributed by atoms with Gasteiger partial charge in [-0.15, -0.1) is 0 Å². The first-order chi connectivity index (χ1) is 10.1. The molecule has 1 aliphatic rings. The molecule has 1 heterocycles. The predicted octanol–water partition coefficient (Wildman–Crippen LogP) is 2.13. The standard InChI is InChI=1S/C16H18N2O3/c1-21-11-13-6-7-18(10-13)15-4-2-12(3-5-16(19)20)8-14(15)9-17/h2-5,8,13H,6-7,10-11H2,1H3,(H,19,20)/b5-3+. The third-order valence-corrected chi connectivity index (χ3v) is 3.59. The Morgan fingerprint density at radius 2 is 2.43 bits per heavy atom. The highest BCUT2D eigenvalue weighted by Gasteiger charge is 2.24. The van der Waals surface area contributed by atoms with E-state index >= 15 is 0 Å². The number of rotatable bonds is 5. The van der Waals surface area contributed by atoms with E-state index in [1.165, 1.54) is 6.08 Å². The zero-order chi connectivity index (χ0) is 15.2. The van der Waals surface area contributed by atoms with Crippen molar-refractivity contribution in [1.29, 1.82) is 5.26 Å². The van der Waals surface area contributed by atoms with Gasteiger partial charge in [-0.3, -0.25) is 0 Å². The SMILES string of the molecule is COCC1CCN(c2ccc(/C=C/C(=O)O)cc2C#N)C1. The van der Waals surface area contributed by atoms with Crippen molar-refractivity contribution in [2.24, 2.45) is 5.92 Å². The third kappa shape index (κ3) is 3.83. The number of anilines is 1. The van der Waals surface area contributed by atoms with Crippen LogP contribution in [0, 0.1) is 17.2 Å². The van der Waals surface area contributed by atoms with Gasteiger partial charge < -0.3 is 14.7 Å². The molecule has 0 spiro atoms. The monoisotopic (exact) mass is 286 g/mol. The van der Waals surface area contributed by atoms with Gasteiger partial charge in [0.15, 0.2) is 0 Å². The van der Waals surface area contributed by atoms with E-state index in [0.717, 1.165) is 37.9 Å². The summed E-state index contributed by atoms with van der Waals surface area (Å²) in [6.45, 7) is 2.53. The largest absolute Gasteiger partial charge is 0.478 e. The number of ether oxygens (including phenoxy) is 1. The summed E-state index contributed by atoms with van der Waals surface area (Å²) in [4.78, 5) is 12.7. The Bertz CT molecular complexity index is 590. The fourth-order valence-corrected chi connectivity index (χ4v) is 2.61. The number of carboxylic acid groups (broad SMARTS) is 1. The Kier molecular flexibility index (Phi) is 4.96. The van der Waals surface area contributed by atoms with E-state index < -0.39 is 5.97 Å². The van der Waals surface area contributed by atoms with Gasteiger partial charge in [-0.25, -0.2) is 4.79 Å². The number of benzene rings is 1. The van der Waals surface area contributed by atoms with Crippen LogP contribution < -0.4 is 4.90 Å². The van der Waals surface area contributed by atoms with Crippen LogP contribution in [0.4, 0.5) is 5.69 Å². The molecule has 1 atom stereocenters. The number of nitriles is 1. The Labute approximate surface area is 124 Å². The minimum Gasteiger partial charge on any atom is -0.478 e. The second-order valence-corrected chi connectivity index (χ2v) is 5.12. The summed E-state index contributed by atoms with van der Waals surface area (Å²) < 4.78 is 5.18. The van der Waals surface area contributed by atoms with E-state index in [9.17, 15) is 10.1 Å². The van der Waals surface area contributed by atoms with Crippen molar-refractivity contribution in [3.63, 3.8) is 0 Å². The van der Waals surface area contributed by atoms with E-state index in [4.69, 9.17) is 9.84 Å². The minimum absolute atomic E-state index is 0.494. The van der Waals surface area contributed by atoms with Crippen LogP contribution in [0.5, 0.6) is 0 Å². The van der Waals surface area contributed by atoms with E-state index in [1.54, 1.807) is 13.2 Å². The molecular formula is C16H18N2O3. The van der Waals surface area contributed by atoms with Crippen molar-refractivity contribution in [3.05, 3.63) is 35.4 Å². The van der Waals surface area contributed by atoms with Gasteiger partial charge in [-0.2, -0.15) is 5.26 Å². The molecule has 1 unspecified atom stereocenters. The number of hydrogen-bond acceptors (Lipinski definition) is 4. The molecule has 1 N–H and O–H groups in total. The Balaban J connectivity index is 2.18. The zero-order valence-corrected chi connectivity index (χ0v) is 12.0. The van der Waals surface area contributed by atoms with Crippen LogP contribution in [0.2, 0.25) is 0 Å². The lowest BCUT2D eigenvalue weighted by Gasteiger charge is -2.20. The van der Waals surface area contributed by atoms with Crippen LogP contribution >= 0.6 is 0 Å². The van der Waals surface area contributed by atoms with Crippen molar-refractivity contribution in [2.75, 3.05) is 31.7 Å². The molecule has 5 nitrogen and oxygen atoms in total. The number of carbonyl (C=O) groups is 1. The molecule has 0 aromatic heterocycles. The molecule has 0 amide bonds. The average Bonchev–Trinajstić information content (AvgIpc) is 2.93. The van der Waals surface area contributed by atoms with Crippen molar-refractivity contribution >= 4 is 17.7 Å². The second kappa shape index (κ2) is 6.91. The van der Waals surface area contributed by atoms with E-state index in [0.29, 0.717) is 17.0 Å². The first-order valence-corrected chi connectivity index (χ1v) is 6.83. The molecule has 2 rings (SSSR count). The number of carboxylic acids is 1. The molecule has 0 radical (unpaired) electrons. The normalized spacial score (nSPS) is 18.1. The van der Waals surface area contributed by atoms with Crippen LogP contribution in [0.1, 0.15) is 17.5 Å². The highest BCUT2D eigenvalue weighted by atomic mass is 16.5. The molecule has 0 bridgehead atoms. The smallest absolute Gasteiger partial charge is 0.328 e. The molecule has 1 aromatic carbocycles. The molecule has 110 valence electrons. The summed E-state index contributed by atoms with van der Waals surface area (Å²) in [6.07, 6.45) is 3.62. The second-order valence-electron chi connectivity index (χ2n) is 5.12. The van der Waals surface area contributed by atoms with Crippen LogP contribution in [0.15, 0.2) is 24.3 Å². The maximum absolute atomic E-state index is 10.5. The maximum Gasteiger partial charge on any atom is 0.328 e. The maximum atomic E-state index is 10.5. The fourth-order valence-electron chi connectivity index (χ4n) is 2.61. The topological polar surface area (TPSA) is 73.6 Å². The zero-order valence-electron chi connectivity index (χ0n) is 12.0. The molecule has 21 heavy (non-hydrogen) atoms. The van der Waals surface area contributed by atoms with Crippen LogP contribution in [-0.2, 0) is 9.53 Å². The summed E-state index contributed by atoms with van der Waals surface area (Å²) in [7, 11) is 1.70. The Hall–Kier alpha value is -2.32. The molecule has 0 saturated carbocycles. The lowest BCUT2D eigenvalue weighted by atomic mass is 10.1. The summed E-state index contributed by atoms with van der Waals surface area (Å²) >= 11 is 0. The van der Waals surface area contributed by atoms with Crippen LogP contribution in [-0.4, -0.2) is 37.9 Å². The van der Waals surface area contributed by atoms with Crippen LogP contribution in [0.25, 0.3) is 6.08 Å². The van der Waals surface area contributed by atoms with Gasteiger partial charge in [-0.05, 0) is 30.2 Å². The molecule has 1 saturated heterocycles. The number of nitrogens with zero attached hydrogens (tertiary/aromatic N) is 2. The minimum atomic E-state index is -1.00. The van der Waals surface area contributed by atoms with Crippen molar-refractivity contribution in [3.8, 4) is 6.07 Å². The van der Waals surface area contributed by atoms with Gasteiger partial charge in [0.05, 0.1) is 17.9 Å². The van der Waals surface area contributed by atoms with Gasteiger partial charge >= 0.3 is 5.97 Å². The first-order valence-electron chi connectivity index (χ1n) is 6.83. The predicted molar refractivity (Wildman–Crippen MR) is 80.0 cm³/mol. The number of hydrogen-bond donors (Lipinski definition) is 1. The summed E-state index contributed by atoms with van der Waals surface area (Å²) in [6, 6.07) is 7.63. The van der Waals surface area contributed by atoms with Crippen LogP contribution in [0.3, 0.4) is 0 Å². The highest BCUT2D eigenvalue weighted by molar-refractivity contribution is 5.85. The van der Waals surface area contributed by atoms with Gasteiger partial charge in [0.2, 0.25) is 0 Å². The van der Waals surface area contributed by atoms with E-state index in [-0.39, 0.29) is 0 Å². The number of aliphatic carboxylic acids is 1. The van der Waals surface area contributed by atoms with Gasteiger partial charge in [0.25, 0.3) is 0 Å². The van der Waals surface area contributed by atoms with E-state index in [2.05, 4.69) is 11.0 Å². The summed E-state index contributed by atoms with van der Waals surface area (Å²) in [5.74, 6) is -0.507. The fraction of sp³-hybridized carbons (Fsp3) is 0.375. The lowest BCUT2D eigenvalue weighted by molar-refractivity contribution is -0.131. The molecule has 5 heteroatoms. The summed E-state index contributed by atoms with van der Waals surface area (Å²) in [5.41, 5.74) is 2.19. The summed E-state index contributed by atoms with van der Waals surface area (Å²) in [5, 5.41) is 17.9. The molecule has 1 fully saturated rings. The third-order valence-electron chi connectivity index (χ3n) is 3.59. The molecule has 0 aliphatic carbocycles. The van der Waals surface area contributed by atoms with Gasteiger partial charge in [0, 0.05) is 32.2 Å². The van der Waals surface area contributed by atoms with Crippen molar-refractivity contribution in [1.82, 2.24) is 0 Å². The van der Waals surface area contributed by atoms with E-state index in [1.807, 2.05) is 12.1 Å². The highest BCUT2D eigenvalue weighted by Crippen LogP contribution is 2.28. The van der Waals surface area contributed by atoms with Gasteiger partial charge in [-0.1, -0.05) is 6.07 Å². The van der Waals surface area contributed by atoms with Crippen molar-refractivity contribution < 1.29 is 14.6 Å². The Morgan fingerprint density at radius 1 is 1.62 bits per heavy atom. The van der Waals surface area contributed by atoms with Crippen molar-refractivity contribution in [2.45, 2.75) is 6.42 Å².